The molecule has 0 radical (unpaired) electrons. The van der Waals surface area contributed by atoms with E-state index in [2.05, 4.69) is 56.9 Å². The number of anilines is 1. The maximum Gasteiger partial charge on any atom is 0.191 e. The normalized spacial score (nSPS) is 13.4. The highest BCUT2D eigenvalue weighted by molar-refractivity contribution is 14.0. The van der Waals surface area contributed by atoms with Crippen molar-refractivity contribution in [1.82, 2.24) is 10.6 Å². The van der Waals surface area contributed by atoms with E-state index in [0.717, 1.165) is 30.8 Å². The molecule has 2 N–H and O–H groups in total. The van der Waals surface area contributed by atoms with E-state index in [4.69, 9.17) is 0 Å². The number of nitrogens with one attached hydrogen (secondary N) is 2. The molecule has 0 aromatic heterocycles. The minimum absolute atomic E-state index is 0. The van der Waals surface area contributed by atoms with Gasteiger partial charge in [0.15, 0.2) is 5.96 Å². The van der Waals surface area contributed by atoms with Crippen molar-refractivity contribution in [3.63, 3.8) is 0 Å². The summed E-state index contributed by atoms with van der Waals surface area (Å²) < 4.78 is 27.0. The van der Waals surface area contributed by atoms with Crippen molar-refractivity contribution in [2.45, 2.75) is 20.0 Å². The Balaban J connectivity index is 0.00000280. The van der Waals surface area contributed by atoms with Gasteiger partial charge in [-0.05, 0) is 42.8 Å². The van der Waals surface area contributed by atoms with Gasteiger partial charge in [-0.2, -0.15) is 0 Å². The third kappa shape index (κ3) is 6.19. The molecule has 1 aliphatic rings. The van der Waals surface area contributed by atoms with Crippen LogP contribution in [0.15, 0.2) is 59.6 Å². The van der Waals surface area contributed by atoms with Crippen LogP contribution in [0, 0.1) is 11.6 Å². The first-order valence-corrected chi connectivity index (χ1v) is 9.10. The molecule has 150 valence electrons. The Labute approximate surface area is 181 Å². The fraction of sp³-hybridized carbons (Fsp3) is 0.286. The zero-order chi connectivity index (χ0) is 19.1. The second-order valence-corrected chi connectivity index (χ2v) is 6.33. The van der Waals surface area contributed by atoms with E-state index in [-0.39, 0.29) is 36.1 Å². The largest absolute Gasteiger partial charge is 0.364 e. The van der Waals surface area contributed by atoms with Crippen molar-refractivity contribution in [2.75, 3.05) is 24.5 Å². The van der Waals surface area contributed by atoms with E-state index in [1.807, 2.05) is 6.92 Å². The van der Waals surface area contributed by atoms with Gasteiger partial charge >= 0.3 is 0 Å². The Morgan fingerprint density at radius 1 is 1.04 bits per heavy atom. The molecule has 2 aromatic carbocycles. The molecule has 0 fully saturated rings. The molecule has 0 unspecified atom stereocenters. The zero-order valence-corrected chi connectivity index (χ0v) is 18.1. The van der Waals surface area contributed by atoms with Crippen molar-refractivity contribution >= 4 is 35.6 Å². The van der Waals surface area contributed by atoms with Gasteiger partial charge in [0.05, 0.1) is 6.54 Å². The van der Waals surface area contributed by atoms with Crippen LogP contribution < -0.4 is 15.5 Å². The summed E-state index contributed by atoms with van der Waals surface area (Å²) in [5, 5.41) is 6.17. The van der Waals surface area contributed by atoms with E-state index in [9.17, 15) is 8.78 Å². The summed E-state index contributed by atoms with van der Waals surface area (Å²) in [5.74, 6) is -0.329. The fourth-order valence-electron chi connectivity index (χ4n) is 2.87. The number of nitrogens with zero attached hydrogens (tertiary/aromatic N) is 2. The van der Waals surface area contributed by atoms with Gasteiger partial charge in [-0.1, -0.05) is 24.3 Å². The monoisotopic (exact) mass is 498 g/mol. The maximum absolute atomic E-state index is 13.7. The first kappa shape index (κ1) is 22.1. The minimum Gasteiger partial charge on any atom is -0.364 e. The van der Waals surface area contributed by atoms with Crippen LogP contribution in [-0.2, 0) is 13.1 Å². The quantitative estimate of drug-likeness (QED) is 0.271. The van der Waals surface area contributed by atoms with E-state index in [0.29, 0.717) is 19.0 Å². The molecule has 28 heavy (non-hydrogen) atoms. The van der Waals surface area contributed by atoms with Crippen LogP contribution in [0.1, 0.15) is 18.1 Å². The summed E-state index contributed by atoms with van der Waals surface area (Å²) in [4.78, 5) is 6.81. The number of guanidine groups is 1. The molecular weight excluding hydrogens is 473 g/mol. The van der Waals surface area contributed by atoms with Crippen LogP contribution in [0.5, 0.6) is 0 Å². The number of hydrogen-bond acceptors (Lipinski definition) is 2. The molecule has 2 aromatic rings. The van der Waals surface area contributed by atoms with E-state index in [1.165, 1.54) is 11.8 Å². The molecule has 0 spiro atoms. The third-order valence-electron chi connectivity index (χ3n) is 4.34. The molecule has 0 saturated carbocycles. The molecule has 0 amide bonds. The first-order chi connectivity index (χ1) is 13.2. The van der Waals surface area contributed by atoms with Crippen molar-refractivity contribution in [2.24, 2.45) is 4.99 Å². The summed E-state index contributed by atoms with van der Waals surface area (Å²) in [6.07, 6.45) is 4.32. The zero-order valence-electron chi connectivity index (χ0n) is 15.8. The van der Waals surface area contributed by atoms with E-state index < -0.39 is 11.6 Å². The lowest BCUT2D eigenvalue weighted by Gasteiger charge is -2.17. The van der Waals surface area contributed by atoms with Gasteiger partial charge in [-0.15, -0.1) is 24.0 Å². The second kappa shape index (κ2) is 11.0. The van der Waals surface area contributed by atoms with Crippen molar-refractivity contribution in [3.8, 4) is 0 Å². The lowest BCUT2D eigenvalue weighted by atomic mass is 10.2. The topological polar surface area (TPSA) is 39.7 Å². The predicted octanol–water partition coefficient (Wildman–Crippen LogP) is 4.21. The van der Waals surface area contributed by atoms with Gasteiger partial charge in [-0.25, -0.2) is 13.8 Å². The predicted molar refractivity (Wildman–Crippen MR) is 121 cm³/mol. The first-order valence-electron chi connectivity index (χ1n) is 9.10. The van der Waals surface area contributed by atoms with E-state index >= 15 is 0 Å². The average molecular weight is 498 g/mol. The average Bonchev–Trinajstić information content (AvgIpc) is 3.21. The third-order valence-corrected chi connectivity index (χ3v) is 4.34. The lowest BCUT2D eigenvalue weighted by Crippen LogP contribution is -2.37. The number of benzene rings is 2. The van der Waals surface area contributed by atoms with Crippen LogP contribution >= 0.6 is 24.0 Å². The molecule has 0 atom stereocenters. The summed E-state index contributed by atoms with van der Waals surface area (Å²) in [7, 11) is 0. The minimum atomic E-state index is -0.455. The number of halogens is 3. The molecule has 1 aliphatic heterocycles. The number of aliphatic imine (C=N–C) groups is 1. The fourth-order valence-corrected chi connectivity index (χ4v) is 2.87. The molecule has 0 saturated heterocycles. The van der Waals surface area contributed by atoms with Crippen molar-refractivity contribution < 1.29 is 8.78 Å². The Hall–Kier alpha value is -2.16. The number of hydrogen-bond donors (Lipinski definition) is 2. The van der Waals surface area contributed by atoms with Crippen LogP contribution in [0.2, 0.25) is 0 Å². The maximum atomic E-state index is 13.7. The summed E-state index contributed by atoms with van der Waals surface area (Å²) >= 11 is 0. The Kier molecular flexibility index (Phi) is 8.69. The van der Waals surface area contributed by atoms with Crippen molar-refractivity contribution in [3.05, 3.63) is 77.4 Å². The Morgan fingerprint density at radius 3 is 2.43 bits per heavy atom. The van der Waals surface area contributed by atoms with Crippen LogP contribution in [0.25, 0.3) is 0 Å². The molecule has 3 rings (SSSR count). The molecule has 7 heteroatoms. The molecule has 0 aliphatic carbocycles. The van der Waals surface area contributed by atoms with Gasteiger partial charge < -0.3 is 15.5 Å². The van der Waals surface area contributed by atoms with Gasteiger partial charge in [0.25, 0.3) is 0 Å². The Bertz CT molecular complexity index is 814. The van der Waals surface area contributed by atoms with Crippen LogP contribution in [0.4, 0.5) is 14.5 Å². The standard InChI is InChI=1S/C21H24F2N4.HI/c1-2-24-21(26-15-17-13-18(22)7-10-20(17)23)25-14-16-5-8-19(9-6-16)27-11-3-4-12-27;/h3-10,13H,2,11-12,14-15H2,1H3,(H2,24,25,26);1H. The van der Waals surface area contributed by atoms with Crippen LogP contribution in [-0.4, -0.2) is 25.6 Å². The second-order valence-electron chi connectivity index (χ2n) is 6.33. The molecule has 4 nitrogen and oxygen atoms in total. The smallest absolute Gasteiger partial charge is 0.191 e. The Morgan fingerprint density at radius 2 is 1.75 bits per heavy atom. The summed E-state index contributed by atoms with van der Waals surface area (Å²) in [6.45, 7) is 5.19. The van der Waals surface area contributed by atoms with Gasteiger partial charge in [0.2, 0.25) is 0 Å². The number of rotatable bonds is 6. The van der Waals surface area contributed by atoms with Gasteiger partial charge in [0, 0.05) is 37.4 Å². The highest BCUT2D eigenvalue weighted by atomic mass is 127. The molecular formula is C21H25F2IN4. The highest BCUT2D eigenvalue weighted by Gasteiger charge is 2.08. The lowest BCUT2D eigenvalue weighted by molar-refractivity contribution is 0.581. The SMILES string of the molecule is CCNC(=NCc1ccc(N2CC=CC2)cc1)NCc1cc(F)ccc1F.I. The van der Waals surface area contributed by atoms with E-state index in [1.54, 1.807) is 0 Å². The highest BCUT2D eigenvalue weighted by Crippen LogP contribution is 2.18. The summed E-state index contributed by atoms with van der Waals surface area (Å²) in [6, 6.07) is 11.8. The summed E-state index contributed by atoms with van der Waals surface area (Å²) in [5.41, 5.74) is 2.54. The van der Waals surface area contributed by atoms with Gasteiger partial charge in [-0.3, -0.25) is 0 Å². The van der Waals surface area contributed by atoms with Crippen molar-refractivity contribution in [1.29, 1.82) is 0 Å². The van der Waals surface area contributed by atoms with Crippen LogP contribution in [0.3, 0.4) is 0 Å². The molecule has 0 bridgehead atoms. The van der Waals surface area contributed by atoms with Gasteiger partial charge in [0.1, 0.15) is 11.6 Å². The molecule has 1 heterocycles.